The number of anilines is 1. The first-order valence-electron chi connectivity index (χ1n) is 5.41. The number of nitrogens with one attached hydrogen (secondary N) is 1. The van der Waals surface area contributed by atoms with Crippen LogP contribution in [-0.2, 0) is 29.6 Å². The third kappa shape index (κ3) is 4.12. The fourth-order valence-corrected chi connectivity index (χ4v) is 2.82. The third-order valence-corrected chi connectivity index (χ3v) is 5.06. The minimum Gasteiger partial charge on any atom is -0.468 e. The Hall–Kier alpha value is -1.72. The Labute approximate surface area is 121 Å². The molecule has 0 aliphatic carbocycles. The lowest BCUT2D eigenvalue weighted by Crippen LogP contribution is -2.33. The Morgan fingerprint density at radius 3 is 2.38 bits per heavy atom. The monoisotopic (exact) mass is 340 g/mol. The summed E-state index contributed by atoms with van der Waals surface area (Å²) in [6, 6.07) is 2.33. The number of carbonyl (C=O) groups excluding carboxylic acids is 1. The smallest absolute Gasteiger partial charge is 0.325 e. The molecule has 1 aromatic carbocycles. The molecule has 1 unspecified atom stereocenters. The van der Waals surface area contributed by atoms with E-state index in [9.17, 15) is 26.0 Å². The summed E-state index contributed by atoms with van der Waals surface area (Å²) in [4.78, 5) is 10.7. The van der Waals surface area contributed by atoms with Crippen LogP contribution in [0.5, 0.6) is 0 Å². The zero-order chi connectivity index (χ0) is 16.4. The van der Waals surface area contributed by atoms with E-state index in [1.165, 1.54) is 0 Å². The molecule has 0 heterocycles. The second-order valence-electron chi connectivity index (χ2n) is 4.00. The van der Waals surface area contributed by atoms with Crippen molar-refractivity contribution in [3.05, 3.63) is 24.0 Å². The minimum absolute atomic E-state index is 0.479. The van der Waals surface area contributed by atoms with Gasteiger partial charge in [0.1, 0.15) is 5.82 Å². The maximum Gasteiger partial charge on any atom is 0.325 e. The van der Waals surface area contributed by atoms with Crippen LogP contribution >= 0.6 is 0 Å². The van der Waals surface area contributed by atoms with Gasteiger partial charge in [-0.3, -0.25) is 9.52 Å². The molecule has 0 amide bonds. The van der Waals surface area contributed by atoms with Crippen LogP contribution in [0.15, 0.2) is 23.1 Å². The van der Waals surface area contributed by atoms with Gasteiger partial charge in [-0.2, -0.15) is 0 Å². The molecule has 3 N–H and O–H groups in total. The Kier molecular flexibility index (Phi) is 4.91. The van der Waals surface area contributed by atoms with Crippen molar-refractivity contribution < 1.29 is 30.8 Å². The van der Waals surface area contributed by atoms with E-state index in [1.807, 2.05) is 0 Å². The Balaban J connectivity index is 3.22. The quantitative estimate of drug-likeness (QED) is 0.712. The standard InChI is InChI=1S/C10H13FN2O6S2/c1-6(10(14)19-2)21(17,18)13-9-5-7(20(12,15)16)3-4-8(9)11/h3-6,13H,1-2H3,(H2,12,15,16). The van der Waals surface area contributed by atoms with Gasteiger partial charge in [-0.25, -0.2) is 26.4 Å². The Morgan fingerprint density at radius 2 is 1.90 bits per heavy atom. The molecule has 0 radical (unpaired) electrons. The Bertz CT molecular complexity index is 760. The molecule has 0 bridgehead atoms. The highest BCUT2D eigenvalue weighted by molar-refractivity contribution is 7.94. The fraction of sp³-hybridized carbons (Fsp3) is 0.300. The summed E-state index contributed by atoms with van der Waals surface area (Å²) in [6.07, 6.45) is 0. The highest BCUT2D eigenvalue weighted by Crippen LogP contribution is 2.21. The molecule has 1 atom stereocenters. The van der Waals surface area contributed by atoms with Crippen LogP contribution in [0.2, 0.25) is 0 Å². The number of nitrogens with two attached hydrogens (primary N) is 1. The molecule has 21 heavy (non-hydrogen) atoms. The number of primary sulfonamides is 1. The van der Waals surface area contributed by atoms with Gasteiger partial charge in [-0.1, -0.05) is 0 Å². The van der Waals surface area contributed by atoms with Gasteiger partial charge < -0.3 is 4.74 Å². The van der Waals surface area contributed by atoms with Gasteiger partial charge in [0, 0.05) is 0 Å². The number of esters is 1. The maximum atomic E-state index is 13.6. The normalized spacial score (nSPS) is 13.5. The van der Waals surface area contributed by atoms with Gasteiger partial charge in [-0.15, -0.1) is 0 Å². The summed E-state index contributed by atoms with van der Waals surface area (Å²) in [7, 11) is -7.45. The molecule has 0 aromatic heterocycles. The molecule has 0 aliphatic rings. The minimum atomic E-state index is -4.31. The van der Waals surface area contributed by atoms with Gasteiger partial charge >= 0.3 is 5.97 Å². The van der Waals surface area contributed by atoms with Crippen LogP contribution in [0.4, 0.5) is 10.1 Å². The van der Waals surface area contributed by atoms with Crippen LogP contribution in [-0.4, -0.2) is 35.2 Å². The van der Waals surface area contributed by atoms with Crippen LogP contribution in [0.1, 0.15) is 6.92 Å². The zero-order valence-corrected chi connectivity index (χ0v) is 12.7. The Morgan fingerprint density at radius 1 is 1.33 bits per heavy atom. The number of carbonyl (C=O) groups is 1. The average Bonchev–Trinajstić information content (AvgIpc) is 2.37. The molecule has 0 saturated heterocycles. The molecule has 1 rings (SSSR count). The predicted molar refractivity (Wildman–Crippen MR) is 71.8 cm³/mol. The van der Waals surface area contributed by atoms with E-state index in [0.29, 0.717) is 6.07 Å². The summed E-state index contributed by atoms with van der Waals surface area (Å²) in [5.74, 6) is -2.08. The molecule has 11 heteroatoms. The van der Waals surface area contributed by atoms with E-state index in [-0.39, 0.29) is 0 Å². The van der Waals surface area contributed by atoms with Crippen molar-refractivity contribution in [3.63, 3.8) is 0 Å². The van der Waals surface area contributed by atoms with Crippen molar-refractivity contribution >= 4 is 31.7 Å². The first-order chi connectivity index (χ1) is 9.49. The number of rotatable bonds is 5. The number of methoxy groups -OCH3 is 1. The fourth-order valence-electron chi connectivity index (χ4n) is 1.29. The van der Waals surface area contributed by atoms with Crippen molar-refractivity contribution in [3.8, 4) is 0 Å². The summed E-state index contributed by atoms with van der Waals surface area (Å²) in [5, 5.41) is 3.26. The van der Waals surface area contributed by atoms with Gasteiger partial charge in [0.25, 0.3) is 0 Å². The van der Waals surface area contributed by atoms with Crippen molar-refractivity contribution in [2.75, 3.05) is 11.8 Å². The van der Waals surface area contributed by atoms with E-state index in [1.54, 1.807) is 4.72 Å². The first-order valence-corrected chi connectivity index (χ1v) is 8.50. The molecular formula is C10H13FN2O6S2. The molecule has 0 saturated carbocycles. The van der Waals surface area contributed by atoms with Crippen LogP contribution < -0.4 is 9.86 Å². The number of ether oxygens (including phenoxy) is 1. The SMILES string of the molecule is COC(=O)C(C)S(=O)(=O)Nc1cc(S(N)(=O)=O)ccc1F. The number of benzene rings is 1. The summed E-state index contributed by atoms with van der Waals surface area (Å²) >= 11 is 0. The van der Waals surface area contributed by atoms with Crippen LogP contribution in [0.25, 0.3) is 0 Å². The number of sulfonamides is 2. The molecule has 0 aliphatic heterocycles. The molecule has 8 nitrogen and oxygen atoms in total. The lowest BCUT2D eigenvalue weighted by molar-refractivity contribution is -0.139. The van der Waals surface area contributed by atoms with Gasteiger partial charge in [0.2, 0.25) is 20.0 Å². The largest absolute Gasteiger partial charge is 0.468 e. The first kappa shape index (κ1) is 17.3. The molecule has 0 spiro atoms. The average molecular weight is 340 g/mol. The molecular weight excluding hydrogens is 327 g/mol. The van der Waals surface area contributed by atoms with E-state index in [0.717, 1.165) is 26.2 Å². The topological polar surface area (TPSA) is 133 Å². The molecule has 0 fully saturated rings. The van der Waals surface area contributed by atoms with E-state index >= 15 is 0 Å². The van der Waals surface area contributed by atoms with E-state index in [4.69, 9.17) is 5.14 Å². The summed E-state index contributed by atoms with van der Waals surface area (Å²) in [6.45, 7) is 1.04. The summed E-state index contributed by atoms with van der Waals surface area (Å²) < 4.78 is 65.6. The van der Waals surface area contributed by atoms with Gasteiger partial charge in [0.15, 0.2) is 5.25 Å². The lowest BCUT2D eigenvalue weighted by atomic mass is 10.3. The second-order valence-corrected chi connectivity index (χ2v) is 7.56. The number of hydrogen-bond acceptors (Lipinski definition) is 6. The van der Waals surface area contributed by atoms with Crippen molar-refractivity contribution in [1.82, 2.24) is 0 Å². The lowest BCUT2D eigenvalue weighted by Gasteiger charge is -2.14. The van der Waals surface area contributed by atoms with E-state index < -0.39 is 47.7 Å². The van der Waals surface area contributed by atoms with Crippen LogP contribution in [0, 0.1) is 5.82 Å². The van der Waals surface area contributed by atoms with E-state index in [2.05, 4.69) is 4.74 Å². The van der Waals surface area contributed by atoms with Gasteiger partial charge in [0.05, 0.1) is 17.7 Å². The number of hydrogen-bond donors (Lipinski definition) is 2. The molecule has 1 aromatic rings. The molecule has 118 valence electrons. The second kappa shape index (κ2) is 5.95. The van der Waals surface area contributed by atoms with Crippen molar-refractivity contribution in [2.45, 2.75) is 17.1 Å². The maximum absolute atomic E-state index is 13.6. The van der Waals surface area contributed by atoms with Crippen LogP contribution in [0.3, 0.4) is 0 Å². The number of halogens is 1. The summed E-state index contributed by atoms with van der Waals surface area (Å²) in [5.41, 5.74) is -0.641. The highest BCUT2D eigenvalue weighted by Gasteiger charge is 2.29. The van der Waals surface area contributed by atoms with Gasteiger partial charge in [-0.05, 0) is 25.1 Å². The predicted octanol–water partition coefficient (Wildman–Crippen LogP) is -0.224. The van der Waals surface area contributed by atoms with Crippen molar-refractivity contribution in [2.24, 2.45) is 5.14 Å². The highest BCUT2D eigenvalue weighted by atomic mass is 32.2. The third-order valence-electron chi connectivity index (χ3n) is 2.52. The van der Waals surface area contributed by atoms with Crippen molar-refractivity contribution in [1.29, 1.82) is 0 Å². The zero-order valence-electron chi connectivity index (χ0n) is 11.0.